The van der Waals surface area contributed by atoms with Gasteiger partial charge in [-0.05, 0) is 42.7 Å². The molecule has 1 heterocycles. The van der Waals surface area contributed by atoms with Gasteiger partial charge in [0.05, 0.1) is 17.3 Å². The van der Waals surface area contributed by atoms with Crippen molar-refractivity contribution >= 4 is 5.91 Å². The van der Waals surface area contributed by atoms with Gasteiger partial charge in [-0.1, -0.05) is 30.3 Å². The van der Waals surface area contributed by atoms with E-state index in [-0.39, 0.29) is 11.7 Å². The van der Waals surface area contributed by atoms with Crippen LogP contribution >= 0.6 is 0 Å². The first-order valence-corrected chi connectivity index (χ1v) is 8.69. The van der Waals surface area contributed by atoms with E-state index in [9.17, 15) is 9.18 Å². The lowest BCUT2D eigenvalue weighted by molar-refractivity contribution is -0.133. The van der Waals surface area contributed by atoms with Crippen molar-refractivity contribution in [3.63, 3.8) is 0 Å². The topological polar surface area (TPSA) is 38.1 Å². The molecular weight excluding hydrogens is 329 g/mol. The first-order valence-electron chi connectivity index (χ1n) is 8.69. The molecule has 0 radical (unpaired) electrons. The molecule has 1 aromatic heterocycles. The molecule has 3 aromatic rings. The van der Waals surface area contributed by atoms with Crippen LogP contribution in [0.5, 0.6) is 0 Å². The third-order valence-electron chi connectivity index (χ3n) is 4.98. The Kier molecular flexibility index (Phi) is 4.07. The molecule has 1 amide bonds. The molecule has 26 heavy (non-hydrogen) atoms. The number of aromatic nitrogens is 2. The number of amides is 1. The lowest BCUT2D eigenvalue weighted by Gasteiger charge is -2.23. The van der Waals surface area contributed by atoms with Gasteiger partial charge in [-0.15, -0.1) is 0 Å². The molecule has 4 nitrogen and oxygen atoms in total. The second-order valence-corrected chi connectivity index (χ2v) is 6.88. The fraction of sp³-hybridized carbons (Fsp3) is 0.238. The molecule has 0 N–H and O–H groups in total. The van der Waals surface area contributed by atoms with E-state index in [0.29, 0.717) is 6.54 Å². The smallest absolute Gasteiger partial charge is 0.233 e. The van der Waals surface area contributed by atoms with Crippen LogP contribution in [-0.2, 0) is 16.8 Å². The monoisotopic (exact) mass is 349 g/mol. The maximum atomic E-state index is 13.2. The average molecular weight is 349 g/mol. The van der Waals surface area contributed by atoms with E-state index in [4.69, 9.17) is 0 Å². The molecule has 1 fully saturated rings. The second-order valence-electron chi connectivity index (χ2n) is 6.88. The van der Waals surface area contributed by atoms with Crippen LogP contribution in [0.1, 0.15) is 24.0 Å². The van der Waals surface area contributed by atoms with Crippen molar-refractivity contribution in [2.24, 2.45) is 0 Å². The SMILES string of the molecule is CN(Cc1cnn(-c2ccccc2)c1)C(=O)C1(c2ccc(F)cc2)CC1. The number of benzene rings is 2. The molecule has 0 aliphatic heterocycles. The summed E-state index contributed by atoms with van der Waals surface area (Å²) in [6.45, 7) is 0.495. The quantitative estimate of drug-likeness (QED) is 0.704. The third-order valence-corrected chi connectivity index (χ3v) is 4.98. The molecule has 5 heteroatoms. The normalized spacial score (nSPS) is 14.8. The summed E-state index contributed by atoms with van der Waals surface area (Å²) in [7, 11) is 1.81. The van der Waals surface area contributed by atoms with E-state index in [0.717, 1.165) is 29.7 Å². The first kappa shape index (κ1) is 16.5. The second kappa shape index (κ2) is 6.41. The van der Waals surface area contributed by atoms with Crippen molar-refractivity contribution in [2.75, 3.05) is 7.05 Å². The van der Waals surface area contributed by atoms with Crippen LogP contribution in [0.2, 0.25) is 0 Å². The number of nitrogens with zero attached hydrogens (tertiary/aromatic N) is 3. The number of halogens is 1. The zero-order valence-corrected chi connectivity index (χ0v) is 14.6. The number of rotatable bonds is 5. The van der Waals surface area contributed by atoms with Gasteiger partial charge in [-0.25, -0.2) is 9.07 Å². The van der Waals surface area contributed by atoms with Crippen LogP contribution in [0.15, 0.2) is 67.0 Å². The van der Waals surface area contributed by atoms with Gasteiger partial charge >= 0.3 is 0 Å². The Labute approximate surface area is 151 Å². The van der Waals surface area contributed by atoms with Crippen molar-refractivity contribution in [1.29, 1.82) is 0 Å². The minimum Gasteiger partial charge on any atom is -0.341 e. The number of likely N-dealkylation sites (N-methyl/N-ethyl adjacent to an activating group) is 1. The molecule has 2 aromatic carbocycles. The highest BCUT2D eigenvalue weighted by molar-refractivity contribution is 5.91. The van der Waals surface area contributed by atoms with Gasteiger partial charge < -0.3 is 4.90 Å². The fourth-order valence-corrected chi connectivity index (χ4v) is 3.39. The third kappa shape index (κ3) is 3.01. The Balaban J connectivity index is 1.48. The summed E-state index contributed by atoms with van der Waals surface area (Å²) < 4.78 is 15.0. The van der Waals surface area contributed by atoms with Crippen LogP contribution in [0.25, 0.3) is 5.69 Å². The molecule has 1 aliphatic rings. The molecule has 0 bridgehead atoms. The summed E-state index contributed by atoms with van der Waals surface area (Å²) in [6, 6.07) is 16.2. The predicted molar refractivity (Wildman–Crippen MR) is 97.4 cm³/mol. The van der Waals surface area contributed by atoms with Crippen molar-refractivity contribution < 1.29 is 9.18 Å². The van der Waals surface area contributed by atoms with E-state index in [1.165, 1.54) is 12.1 Å². The van der Waals surface area contributed by atoms with E-state index in [2.05, 4.69) is 5.10 Å². The number of hydrogen-bond donors (Lipinski definition) is 0. The number of carbonyl (C=O) groups is 1. The zero-order chi connectivity index (χ0) is 18.1. The molecule has 0 atom stereocenters. The van der Waals surface area contributed by atoms with E-state index in [1.807, 2.05) is 43.6 Å². The lowest BCUT2D eigenvalue weighted by atomic mass is 9.94. The van der Waals surface area contributed by atoms with Crippen molar-refractivity contribution in [3.05, 3.63) is 83.9 Å². The summed E-state index contributed by atoms with van der Waals surface area (Å²) in [6.07, 6.45) is 5.35. The number of para-hydroxylation sites is 1. The Morgan fingerprint density at radius 3 is 2.50 bits per heavy atom. The lowest BCUT2D eigenvalue weighted by Crippen LogP contribution is -2.36. The van der Waals surface area contributed by atoms with Crippen LogP contribution in [-0.4, -0.2) is 27.6 Å². The molecule has 0 unspecified atom stereocenters. The van der Waals surface area contributed by atoms with Gasteiger partial charge in [0, 0.05) is 25.4 Å². The molecule has 1 aliphatic carbocycles. The summed E-state index contributed by atoms with van der Waals surface area (Å²) in [4.78, 5) is 14.7. The largest absolute Gasteiger partial charge is 0.341 e. The highest BCUT2D eigenvalue weighted by Gasteiger charge is 2.52. The standard InChI is InChI=1S/C21H20FN3O/c1-24(14-16-13-23-25(15-16)19-5-3-2-4-6-19)20(26)21(11-12-21)17-7-9-18(22)10-8-17/h2-10,13,15H,11-12,14H2,1H3. The van der Waals surface area contributed by atoms with Crippen molar-refractivity contribution in [1.82, 2.24) is 14.7 Å². The number of carbonyl (C=O) groups excluding carboxylic acids is 1. The Morgan fingerprint density at radius 1 is 1.15 bits per heavy atom. The Bertz CT molecular complexity index is 914. The Hall–Kier alpha value is -2.95. The fourth-order valence-electron chi connectivity index (χ4n) is 3.39. The minimum absolute atomic E-state index is 0.0802. The summed E-state index contributed by atoms with van der Waals surface area (Å²) in [5, 5.41) is 4.38. The van der Waals surface area contributed by atoms with Gasteiger partial charge in [0.15, 0.2) is 0 Å². The van der Waals surface area contributed by atoms with Crippen LogP contribution < -0.4 is 0 Å². The summed E-state index contributed by atoms with van der Waals surface area (Å²) in [5.41, 5.74) is 2.37. The van der Waals surface area contributed by atoms with Crippen molar-refractivity contribution in [2.45, 2.75) is 24.8 Å². The molecule has 4 rings (SSSR count). The Morgan fingerprint density at radius 2 is 1.85 bits per heavy atom. The van der Waals surface area contributed by atoms with Gasteiger partial charge in [0.1, 0.15) is 5.82 Å². The maximum absolute atomic E-state index is 13.2. The molecule has 132 valence electrons. The van der Waals surface area contributed by atoms with E-state index >= 15 is 0 Å². The average Bonchev–Trinajstić information content (AvgIpc) is 3.35. The van der Waals surface area contributed by atoms with E-state index < -0.39 is 5.41 Å². The van der Waals surface area contributed by atoms with E-state index in [1.54, 1.807) is 27.9 Å². The van der Waals surface area contributed by atoms with Gasteiger partial charge in [0.25, 0.3) is 0 Å². The zero-order valence-electron chi connectivity index (χ0n) is 14.6. The van der Waals surface area contributed by atoms with Crippen LogP contribution in [0, 0.1) is 5.82 Å². The van der Waals surface area contributed by atoms with Gasteiger partial charge in [-0.3, -0.25) is 4.79 Å². The van der Waals surface area contributed by atoms with Gasteiger partial charge in [-0.2, -0.15) is 5.10 Å². The number of hydrogen-bond acceptors (Lipinski definition) is 2. The maximum Gasteiger partial charge on any atom is 0.233 e. The summed E-state index contributed by atoms with van der Waals surface area (Å²) >= 11 is 0. The molecule has 0 spiro atoms. The molecule has 1 saturated carbocycles. The highest BCUT2D eigenvalue weighted by Crippen LogP contribution is 2.49. The van der Waals surface area contributed by atoms with Crippen molar-refractivity contribution in [3.8, 4) is 5.69 Å². The minimum atomic E-state index is -0.488. The molecule has 0 saturated heterocycles. The summed E-state index contributed by atoms with van der Waals surface area (Å²) in [5.74, 6) is -0.199. The predicted octanol–water partition coefficient (Wildman–Crippen LogP) is 3.70. The highest BCUT2D eigenvalue weighted by atomic mass is 19.1. The van der Waals surface area contributed by atoms with Crippen LogP contribution in [0.3, 0.4) is 0 Å². The molecular formula is C21H20FN3O. The van der Waals surface area contributed by atoms with Crippen LogP contribution in [0.4, 0.5) is 4.39 Å². The van der Waals surface area contributed by atoms with Gasteiger partial charge in [0.2, 0.25) is 5.91 Å². The first-order chi connectivity index (χ1) is 12.6.